The van der Waals surface area contributed by atoms with Crippen molar-refractivity contribution in [3.05, 3.63) is 35.9 Å². The molecule has 0 radical (unpaired) electrons. The number of ether oxygens (including phenoxy) is 1. The number of rotatable bonds is 10. The Hall–Kier alpha value is -1.89. The molecule has 140 valence electrons. The van der Waals surface area contributed by atoms with Gasteiger partial charge in [-0.15, -0.1) is 0 Å². The zero-order valence-corrected chi connectivity index (χ0v) is 15.6. The predicted molar refractivity (Wildman–Crippen MR) is 93.1 cm³/mol. The molecule has 0 saturated carbocycles. The van der Waals surface area contributed by atoms with Gasteiger partial charge in [0, 0.05) is 0 Å². The van der Waals surface area contributed by atoms with E-state index in [0.717, 1.165) is 5.56 Å². The number of hydrogen-bond acceptors (Lipinski definition) is 6. The fourth-order valence-electron chi connectivity index (χ4n) is 1.86. The maximum atomic E-state index is 12.3. The average molecular weight is 372 g/mol. The van der Waals surface area contributed by atoms with E-state index in [1.54, 1.807) is 13.8 Å². The first kappa shape index (κ1) is 21.2. The highest BCUT2D eigenvalue weighted by Gasteiger charge is 2.26. The molecule has 0 aliphatic carbocycles. The third kappa shape index (κ3) is 8.16. The summed E-state index contributed by atoms with van der Waals surface area (Å²) in [5, 5.41) is 4.86. The standard InChI is InChI=1S/C16H25N2O6P/c1-4-23-25(21,24-5-2)12-17-15(19)13(3)18-16(20)22-11-14-9-7-6-8-10-14/h6-10,13H,4-5,11-12H2,1-3H3,(H,17,19)(H,18,20)/t13-/m0/s1. The van der Waals surface area contributed by atoms with E-state index >= 15 is 0 Å². The normalized spacial score (nSPS) is 12.3. The van der Waals surface area contributed by atoms with Crippen LogP contribution in [0.15, 0.2) is 30.3 Å². The monoisotopic (exact) mass is 372 g/mol. The molecule has 1 rings (SSSR count). The zero-order valence-electron chi connectivity index (χ0n) is 14.7. The third-order valence-corrected chi connectivity index (χ3v) is 4.89. The molecule has 0 aliphatic rings. The summed E-state index contributed by atoms with van der Waals surface area (Å²) in [6, 6.07) is 8.31. The van der Waals surface area contributed by atoms with Gasteiger partial charge in [-0.05, 0) is 26.3 Å². The van der Waals surface area contributed by atoms with E-state index in [1.165, 1.54) is 6.92 Å². The Balaban J connectivity index is 2.39. The summed E-state index contributed by atoms with van der Waals surface area (Å²) in [6.07, 6.45) is -0.984. The Morgan fingerprint density at radius 2 is 1.72 bits per heavy atom. The van der Waals surface area contributed by atoms with E-state index in [-0.39, 0.29) is 26.1 Å². The number of hydrogen-bond donors (Lipinski definition) is 2. The van der Waals surface area contributed by atoms with E-state index in [2.05, 4.69) is 10.6 Å². The van der Waals surface area contributed by atoms with Gasteiger partial charge in [-0.2, -0.15) is 0 Å². The lowest BCUT2D eigenvalue weighted by molar-refractivity contribution is -0.122. The Labute approximate surface area is 147 Å². The molecule has 9 heteroatoms. The largest absolute Gasteiger partial charge is 0.445 e. The van der Waals surface area contributed by atoms with Crippen molar-refractivity contribution in [2.24, 2.45) is 0 Å². The van der Waals surface area contributed by atoms with Crippen molar-refractivity contribution in [1.29, 1.82) is 0 Å². The van der Waals surface area contributed by atoms with Gasteiger partial charge in [0.15, 0.2) is 0 Å². The van der Waals surface area contributed by atoms with Crippen LogP contribution in [0, 0.1) is 0 Å². The summed E-state index contributed by atoms with van der Waals surface area (Å²) < 4.78 is 27.4. The van der Waals surface area contributed by atoms with E-state index in [9.17, 15) is 14.2 Å². The molecule has 2 amide bonds. The van der Waals surface area contributed by atoms with Crippen LogP contribution in [-0.2, 0) is 29.8 Å². The first-order valence-electron chi connectivity index (χ1n) is 8.03. The SMILES string of the molecule is CCOP(=O)(CNC(=O)[C@H](C)NC(=O)OCc1ccccc1)OCC. The lowest BCUT2D eigenvalue weighted by atomic mass is 10.2. The van der Waals surface area contributed by atoms with E-state index < -0.39 is 25.6 Å². The quantitative estimate of drug-likeness (QED) is 0.612. The predicted octanol–water partition coefficient (Wildman–Crippen LogP) is 2.64. The van der Waals surface area contributed by atoms with Crippen LogP contribution in [0.5, 0.6) is 0 Å². The maximum absolute atomic E-state index is 12.3. The Kier molecular flexibility index (Phi) is 9.20. The van der Waals surface area contributed by atoms with E-state index in [0.29, 0.717) is 0 Å². The highest BCUT2D eigenvalue weighted by atomic mass is 31.2. The van der Waals surface area contributed by atoms with Crippen LogP contribution in [0.1, 0.15) is 26.3 Å². The summed E-state index contributed by atoms with van der Waals surface area (Å²) in [5.41, 5.74) is 0.837. The van der Waals surface area contributed by atoms with Crippen molar-refractivity contribution in [2.45, 2.75) is 33.4 Å². The van der Waals surface area contributed by atoms with Gasteiger partial charge in [0.25, 0.3) is 0 Å². The number of nitrogens with one attached hydrogen (secondary N) is 2. The highest BCUT2D eigenvalue weighted by Crippen LogP contribution is 2.46. The van der Waals surface area contributed by atoms with Crippen molar-refractivity contribution < 1.29 is 27.9 Å². The van der Waals surface area contributed by atoms with Crippen molar-refractivity contribution in [1.82, 2.24) is 10.6 Å². The van der Waals surface area contributed by atoms with Gasteiger partial charge in [0.1, 0.15) is 18.9 Å². The molecule has 1 aromatic carbocycles. The molecule has 0 aliphatic heterocycles. The maximum Gasteiger partial charge on any atom is 0.408 e. The van der Waals surface area contributed by atoms with Crippen molar-refractivity contribution in [2.75, 3.05) is 19.5 Å². The summed E-state index contributed by atoms with van der Waals surface area (Å²) in [4.78, 5) is 23.7. The summed E-state index contributed by atoms with van der Waals surface area (Å²) in [7, 11) is -3.38. The minimum Gasteiger partial charge on any atom is -0.445 e. The Morgan fingerprint density at radius 1 is 1.12 bits per heavy atom. The van der Waals surface area contributed by atoms with Crippen LogP contribution in [0.4, 0.5) is 4.79 Å². The van der Waals surface area contributed by atoms with Gasteiger partial charge < -0.3 is 24.4 Å². The number of benzene rings is 1. The Bertz CT molecular complexity index is 586. The molecule has 1 aromatic rings. The van der Waals surface area contributed by atoms with Crippen molar-refractivity contribution in [3.8, 4) is 0 Å². The molecule has 0 bridgehead atoms. The molecule has 2 N–H and O–H groups in total. The van der Waals surface area contributed by atoms with Gasteiger partial charge in [0.2, 0.25) is 5.91 Å². The fraction of sp³-hybridized carbons (Fsp3) is 0.500. The summed E-state index contributed by atoms with van der Waals surface area (Å²) >= 11 is 0. The molecule has 0 heterocycles. The smallest absolute Gasteiger partial charge is 0.408 e. The molecule has 0 saturated heterocycles. The number of alkyl carbamates (subject to hydrolysis) is 1. The lowest BCUT2D eigenvalue weighted by Gasteiger charge is -2.19. The summed E-state index contributed by atoms with van der Waals surface area (Å²) in [5.74, 6) is -0.517. The van der Waals surface area contributed by atoms with Gasteiger partial charge in [-0.25, -0.2) is 4.79 Å². The van der Waals surface area contributed by atoms with Crippen molar-refractivity contribution in [3.63, 3.8) is 0 Å². The minimum atomic E-state index is -3.38. The molecular weight excluding hydrogens is 347 g/mol. The van der Waals surface area contributed by atoms with Crippen LogP contribution < -0.4 is 10.6 Å². The third-order valence-electron chi connectivity index (χ3n) is 3.04. The molecule has 1 atom stereocenters. The first-order valence-corrected chi connectivity index (χ1v) is 9.76. The zero-order chi connectivity index (χ0) is 18.7. The molecular formula is C16H25N2O6P. The van der Waals surface area contributed by atoms with Gasteiger partial charge in [-0.1, -0.05) is 30.3 Å². The topological polar surface area (TPSA) is 103 Å². The second-order valence-electron chi connectivity index (χ2n) is 5.07. The molecule has 25 heavy (non-hydrogen) atoms. The second kappa shape index (κ2) is 10.9. The molecule has 8 nitrogen and oxygen atoms in total. The van der Waals surface area contributed by atoms with Crippen LogP contribution >= 0.6 is 7.60 Å². The average Bonchev–Trinajstić information content (AvgIpc) is 2.59. The number of carbonyl (C=O) groups is 2. The highest BCUT2D eigenvalue weighted by molar-refractivity contribution is 7.53. The Morgan fingerprint density at radius 3 is 2.28 bits per heavy atom. The minimum absolute atomic E-state index is 0.102. The van der Waals surface area contributed by atoms with Crippen molar-refractivity contribution >= 4 is 19.6 Å². The lowest BCUT2D eigenvalue weighted by Crippen LogP contribution is -2.45. The summed E-state index contributed by atoms with van der Waals surface area (Å²) in [6.45, 7) is 5.36. The number of amides is 2. The molecule has 0 spiro atoms. The van der Waals surface area contributed by atoms with Crippen LogP contribution in [0.25, 0.3) is 0 Å². The number of carbonyl (C=O) groups excluding carboxylic acids is 2. The van der Waals surface area contributed by atoms with Crippen LogP contribution in [-0.4, -0.2) is 37.5 Å². The molecule has 0 unspecified atom stereocenters. The van der Waals surface area contributed by atoms with Crippen LogP contribution in [0.2, 0.25) is 0 Å². The molecule has 0 aromatic heterocycles. The van der Waals surface area contributed by atoms with Gasteiger partial charge in [-0.3, -0.25) is 9.36 Å². The van der Waals surface area contributed by atoms with Gasteiger partial charge >= 0.3 is 13.7 Å². The van der Waals surface area contributed by atoms with E-state index in [1.807, 2.05) is 30.3 Å². The molecule has 0 fully saturated rings. The first-order chi connectivity index (χ1) is 11.9. The second-order valence-corrected chi connectivity index (χ2v) is 7.13. The van der Waals surface area contributed by atoms with E-state index in [4.69, 9.17) is 13.8 Å². The van der Waals surface area contributed by atoms with Crippen LogP contribution in [0.3, 0.4) is 0 Å². The van der Waals surface area contributed by atoms with Gasteiger partial charge in [0.05, 0.1) is 13.2 Å². The fourth-order valence-corrected chi connectivity index (χ4v) is 3.25.